The normalized spacial score (nSPS) is 12.8. The number of benzene rings is 2. The molecule has 224 valence electrons. The van der Waals surface area contributed by atoms with Crippen molar-refractivity contribution in [3.8, 4) is 11.4 Å². The summed E-state index contributed by atoms with van der Waals surface area (Å²) in [6.45, 7) is 10.2. The molecule has 0 saturated heterocycles. The van der Waals surface area contributed by atoms with Gasteiger partial charge in [0, 0.05) is 18.1 Å². The van der Waals surface area contributed by atoms with Gasteiger partial charge in [0.1, 0.15) is 27.8 Å². The summed E-state index contributed by atoms with van der Waals surface area (Å²) < 4.78 is 17.3. The standard InChI is InChI=1S/C32H33BrN4O5S/c1-20-25-27(38)37(32(5,6)29(39)42-31(2,3)4)30(40)36(28(25)43-26(20)33)18-24(21-10-8-7-9-11-21)41-23-14-12-22(13-15-23)35-17-16-34-19-35/h7-17,19,24H,18H2,1-6H3. The molecule has 1 atom stereocenters. The summed E-state index contributed by atoms with van der Waals surface area (Å²) in [5, 5.41) is 0.365. The topological polar surface area (TPSA) is 97.4 Å². The van der Waals surface area contributed by atoms with Gasteiger partial charge in [-0.25, -0.2) is 19.1 Å². The number of carbonyl (C=O) groups is 1. The van der Waals surface area contributed by atoms with Crippen molar-refractivity contribution in [2.75, 3.05) is 0 Å². The molecule has 0 saturated carbocycles. The van der Waals surface area contributed by atoms with Crippen LogP contribution in [0, 0.1) is 6.92 Å². The third-order valence-corrected chi connectivity index (χ3v) is 9.23. The summed E-state index contributed by atoms with van der Waals surface area (Å²) >= 11 is 4.86. The first-order valence-electron chi connectivity index (χ1n) is 13.8. The Morgan fingerprint density at radius 3 is 2.30 bits per heavy atom. The van der Waals surface area contributed by atoms with E-state index < -0.39 is 34.5 Å². The number of nitrogens with zero attached hydrogens (tertiary/aromatic N) is 4. The molecule has 0 bridgehead atoms. The molecule has 0 fully saturated rings. The molecular weight excluding hydrogens is 632 g/mol. The summed E-state index contributed by atoms with van der Waals surface area (Å²) in [5.74, 6) is -0.0705. The number of thiophene rings is 1. The average molecular weight is 666 g/mol. The van der Waals surface area contributed by atoms with Crippen LogP contribution in [-0.4, -0.2) is 30.3 Å². The van der Waals surface area contributed by atoms with E-state index in [2.05, 4.69) is 20.9 Å². The summed E-state index contributed by atoms with van der Waals surface area (Å²) in [4.78, 5) is 46.1. The molecule has 0 aliphatic rings. The van der Waals surface area contributed by atoms with Crippen LogP contribution in [0.2, 0.25) is 0 Å². The van der Waals surface area contributed by atoms with Gasteiger partial charge in [-0.15, -0.1) is 11.3 Å². The number of ether oxygens (including phenoxy) is 2. The van der Waals surface area contributed by atoms with E-state index in [1.54, 1.807) is 33.3 Å². The molecule has 11 heteroatoms. The number of carbonyl (C=O) groups excluding carboxylic acids is 1. The Bertz CT molecular complexity index is 1880. The maximum Gasteiger partial charge on any atom is 0.333 e. The van der Waals surface area contributed by atoms with Crippen molar-refractivity contribution < 1.29 is 14.3 Å². The fraction of sp³-hybridized carbons (Fsp3) is 0.312. The van der Waals surface area contributed by atoms with Crippen LogP contribution in [0.5, 0.6) is 5.75 Å². The SMILES string of the molecule is Cc1c(Br)sc2c1c(=O)n(C(C)(C)C(=O)OC(C)(C)C)c(=O)n2CC(Oc1ccc(-n2ccnc2)cc1)c1ccccc1. The lowest BCUT2D eigenvalue weighted by molar-refractivity contribution is -0.164. The van der Waals surface area contributed by atoms with Gasteiger partial charge in [-0.3, -0.25) is 9.36 Å². The Morgan fingerprint density at radius 1 is 1.02 bits per heavy atom. The molecule has 0 N–H and O–H groups in total. The van der Waals surface area contributed by atoms with Crippen molar-refractivity contribution in [1.29, 1.82) is 0 Å². The molecule has 0 spiro atoms. The van der Waals surface area contributed by atoms with Crippen LogP contribution in [0.4, 0.5) is 0 Å². The average Bonchev–Trinajstić information content (AvgIpc) is 3.59. The summed E-state index contributed by atoms with van der Waals surface area (Å²) in [5.41, 5.74) is -1.08. The van der Waals surface area contributed by atoms with E-state index in [1.165, 1.54) is 29.8 Å². The van der Waals surface area contributed by atoms with Crippen molar-refractivity contribution in [1.82, 2.24) is 18.7 Å². The Hall–Kier alpha value is -3.96. The Balaban J connectivity index is 1.63. The Morgan fingerprint density at radius 2 is 1.70 bits per heavy atom. The highest BCUT2D eigenvalue weighted by molar-refractivity contribution is 9.11. The second-order valence-corrected chi connectivity index (χ2v) is 14.1. The van der Waals surface area contributed by atoms with E-state index in [1.807, 2.05) is 72.3 Å². The highest BCUT2D eigenvalue weighted by Gasteiger charge is 2.39. The number of esters is 1. The second-order valence-electron chi connectivity index (χ2n) is 11.8. The van der Waals surface area contributed by atoms with Crippen LogP contribution in [0.15, 0.2) is 86.7 Å². The maximum atomic E-state index is 14.3. The van der Waals surface area contributed by atoms with Gasteiger partial charge in [0.15, 0.2) is 0 Å². The predicted octanol–water partition coefficient (Wildman–Crippen LogP) is 6.38. The van der Waals surface area contributed by atoms with Crippen molar-refractivity contribution in [3.05, 3.63) is 109 Å². The monoisotopic (exact) mass is 664 g/mol. The van der Waals surface area contributed by atoms with Crippen molar-refractivity contribution in [3.63, 3.8) is 0 Å². The number of imidazole rings is 1. The molecule has 3 aromatic heterocycles. The molecule has 1 unspecified atom stereocenters. The molecule has 0 aliphatic carbocycles. The quantitative estimate of drug-likeness (QED) is 0.179. The van der Waals surface area contributed by atoms with E-state index in [4.69, 9.17) is 9.47 Å². The Labute approximate surface area is 261 Å². The molecule has 9 nitrogen and oxygen atoms in total. The van der Waals surface area contributed by atoms with Crippen LogP contribution < -0.4 is 16.0 Å². The van der Waals surface area contributed by atoms with Crippen molar-refractivity contribution in [2.45, 2.75) is 65.3 Å². The summed E-state index contributed by atoms with van der Waals surface area (Å²) in [6, 6.07) is 17.2. The first kappa shape index (κ1) is 30.5. The number of aryl methyl sites for hydroxylation is 1. The Kier molecular flexibility index (Phi) is 8.24. The summed E-state index contributed by atoms with van der Waals surface area (Å²) in [7, 11) is 0. The van der Waals surface area contributed by atoms with Crippen LogP contribution >= 0.6 is 27.3 Å². The van der Waals surface area contributed by atoms with Crippen molar-refractivity contribution in [2.24, 2.45) is 0 Å². The number of hydrogen-bond acceptors (Lipinski definition) is 7. The first-order valence-corrected chi connectivity index (χ1v) is 15.4. The lowest BCUT2D eigenvalue weighted by Gasteiger charge is -2.30. The second kappa shape index (κ2) is 11.6. The van der Waals surface area contributed by atoms with E-state index in [0.717, 1.165) is 19.6 Å². The van der Waals surface area contributed by atoms with Crippen molar-refractivity contribution >= 4 is 43.5 Å². The van der Waals surface area contributed by atoms with Crippen LogP contribution in [0.1, 0.15) is 51.8 Å². The van der Waals surface area contributed by atoms with Gasteiger partial charge >= 0.3 is 11.7 Å². The van der Waals surface area contributed by atoms with Gasteiger partial charge in [0.2, 0.25) is 0 Å². The smallest absolute Gasteiger partial charge is 0.333 e. The molecule has 0 radical (unpaired) electrons. The third-order valence-electron chi connectivity index (χ3n) is 7.05. The molecule has 0 amide bonds. The molecule has 5 aromatic rings. The van der Waals surface area contributed by atoms with Gasteiger partial charge in [-0.1, -0.05) is 30.3 Å². The highest BCUT2D eigenvalue weighted by atomic mass is 79.9. The van der Waals surface area contributed by atoms with Gasteiger partial charge in [0.05, 0.1) is 22.0 Å². The zero-order valence-electron chi connectivity index (χ0n) is 24.8. The minimum atomic E-state index is -1.58. The van der Waals surface area contributed by atoms with E-state index in [-0.39, 0.29) is 6.54 Å². The fourth-order valence-electron chi connectivity index (χ4n) is 4.78. The minimum absolute atomic E-state index is 0.0830. The number of halogens is 1. The van der Waals surface area contributed by atoms with Crippen LogP contribution in [-0.2, 0) is 21.6 Å². The first-order chi connectivity index (χ1) is 20.3. The molecule has 3 heterocycles. The number of aromatic nitrogens is 4. The molecule has 43 heavy (non-hydrogen) atoms. The van der Waals surface area contributed by atoms with E-state index >= 15 is 0 Å². The van der Waals surface area contributed by atoms with E-state index in [0.29, 0.717) is 21.5 Å². The minimum Gasteiger partial charge on any atom is -0.484 e. The third kappa shape index (κ3) is 6.09. The number of rotatable bonds is 8. The molecule has 2 aromatic carbocycles. The van der Waals surface area contributed by atoms with E-state index in [9.17, 15) is 14.4 Å². The summed E-state index contributed by atoms with van der Waals surface area (Å²) in [6.07, 6.45) is 4.69. The zero-order valence-corrected chi connectivity index (χ0v) is 27.2. The largest absolute Gasteiger partial charge is 0.484 e. The van der Waals surface area contributed by atoms with Gasteiger partial charge in [-0.2, -0.15) is 0 Å². The lowest BCUT2D eigenvalue weighted by atomic mass is 10.0. The van der Waals surface area contributed by atoms with Gasteiger partial charge < -0.3 is 14.0 Å². The number of hydrogen-bond donors (Lipinski definition) is 0. The zero-order chi connectivity index (χ0) is 31.1. The van der Waals surface area contributed by atoms with Gasteiger partial charge in [0.25, 0.3) is 5.56 Å². The fourth-order valence-corrected chi connectivity index (χ4v) is 6.47. The lowest BCUT2D eigenvalue weighted by Crippen LogP contribution is -2.54. The molecular formula is C32H33BrN4O5S. The van der Waals surface area contributed by atoms with Crippen LogP contribution in [0.3, 0.4) is 0 Å². The molecule has 0 aliphatic heterocycles. The van der Waals surface area contributed by atoms with Crippen LogP contribution in [0.25, 0.3) is 15.9 Å². The predicted molar refractivity (Wildman–Crippen MR) is 171 cm³/mol. The number of fused-ring (bicyclic) bond motifs is 1. The maximum absolute atomic E-state index is 14.3. The van der Waals surface area contributed by atoms with Gasteiger partial charge in [-0.05, 0) is 92.9 Å². The highest BCUT2D eigenvalue weighted by Crippen LogP contribution is 2.34. The molecule has 5 rings (SSSR count).